The van der Waals surface area contributed by atoms with Gasteiger partial charge >= 0.3 is 162 Å². The molecule has 0 atom stereocenters. The Labute approximate surface area is 416 Å². The van der Waals surface area contributed by atoms with Crippen LogP contribution in [0.15, 0.2) is 0 Å². The SMILES string of the molecule is CCCCCCCCCCCCCC[N+](C)(C)CCCCCCCCCCCCCC.O.[Al+3].[Al+3].[Fe+3].[Fe+3].[Mg+2].[Na+].[Na+].[O-2].[O-2].[O-2].[O-2].[O-2].[O-2].[O-2].[O-2].[O-2].[O-2].[Si+4]. The van der Waals surface area contributed by atoms with Crippen molar-refractivity contribution < 1.29 is 158 Å². The monoisotopic (exact) mass is 880 g/mol. The molecule has 20 heteroatoms. The Morgan fingerprint density at radius 3 is 0.580 bits per heavy atom. The molecular formula is C30H66Al2Fe2MgNNa2O11Si+. The van der Waals surface area contributed by atoms with Gasteiger partial charge < -0.3 is 64.7 Å². The molecule has 0 aromatic heterocycles. The van der Waals surface area contributed by atoms with Crippen molar-refractivity contribution in [1.82, 2.24) is 0 Å². The molecule has 0 unspecified atom stereocenters. The first kappa shape index (κ1) is 131. The van der Waals surface area contributed by atoms with Crippen molar-refractivity contribution in [2.24, 2.45) is 0 Å². The summed E-state index contributed by atoms with van der Waals surface area (Å²) in [5, 5.41) is 0. The third-order valence-corrected chi connectivity index (χ3v) is 7.23. The average Bonchev–Trinajstić information content (AvgIpc) is 2.75. The first-order chi connectivity index (χ1) is 15.1. The van der Waals surface area contributed by atoms with Gasteiger partial charge in [0.05, 0.1) is 27.2 Å². The minimum absolute atomic E-state index is 0. The summed E-state index contributed by atoms with van der Waals surface area (Å²) < 4.78 is 1.25. The summed E-state index contributed by atoms with van der Waals surface area (Å²) in [6, 6.07) is 0. The van der Waals surface area contributed by atoms with Crippen LogP contribution in [-0.4, -0.2) is 106 Å². The smallest absolute Gasteiger partial charge is 2.00 e. The molecule has 0 aliphatic carbocycles. The van der Waals surface area contributed by atoms with Gasteiger partial charge in [0.25, 0.3) is 0 Å². The van der Waals surface area contributed by atoms with Gasteiger partial charge in [-0.25, -0.2) is 0 Å². The van der Waals surface area contributed by atoms with Crippen molar-refractivity contribution in [2.75, 3.05) is 27.2 Å². The van der Waals surface area contributed by atoms with E-state index in [1.165, 1.54) is 172 Å². The van der Waals surface area contributed by atoms with Crippen LogP contribution in [0.2, 0.25) is 0 Å². The van der Waals surface area contributed by atoms with Crippen molar-refractivity contribution in [2.45, 2.75) is 168 Å². The van der Waals surface area contributed by atoms with Gasteiger partial charge in [-0.05, 0) is 25.7 Å². The van der Waals surface area contributed by atoms with Gasteiger partial charge in [-0.3, -0.25) is 0 Å². The second-order valence-electron chi connectivity index (χ2n) is 11.2. The maximum Gasteiger partial charge on any atom is 4.00 e. The maximum absolute atomic E-state index is 2.46. The Hall–Kier alpha value is 4.61. The molecule has 0 heterocycles. The summed E-state index contributed by atoms with van der Waals surface area (Å²) in [4.78, 5) is 0. The van der Waals surface area contributed by atoms with Crippen LogP contribution in [0.25, 0.3) is 0 Å². The molecule has 0 aromatic carbocycles. The summed E-state index contributed by atoms with van der Waals surface area (Å²) in [5.74, 6) is 0. The topological polar surface area (TPSA) is 316 Å². The van der Waals surface area contributed by atoms with E-state index in [1.54, 1.807) is 0 Å². The van der Waals surface area contributed by atoms with Crippen LogP contribution < -0.4 is 59.1 Å². The summed E-state index contributed by atoms with van der Waals surface area (Å²) in [6.07, 6.45) is 35.0. The van der Waals surface area contributed by atoms with Gasteiger partial charge in [0.15, 0.2) is 0 Å². The van der Waals surface area contributed by atoms with E-state index in [9.17, 15) is 0 Å². The maximum atomic E-state index is 2.46. The molecule has 286 valence electrons. The Kier molecular flexibility index (Phi) is 290. The van der Waals surface area contributed by atoms with Gasteiger partial charge in [0, 0.05) is 0 Å². The number of hydrogen-bond acceptors (Lipinski definition) is 0. The molecule has 50 heavy (non-hydrogen) atoms. The molecule has 0 aromatic rings. The Morgan fingerprint density at radius 1 is 0.320 bits per heavy atom. The fourth-order valence-corrected chi connectivity index (χ4v) is 4.87. The third-order valence-electron chi connectivity index (χ3n) is 7.23. The second-order valence-corrected chi connectivity index (χ2v) is 11.2. The summed E-state index contributed by atoms with van der Waals surface area (Å²) in [7, 11) is 4.91. The van der Waals surface area contributed by atoms with Crippen molar-refractivity contribution >= 4 is 68.7 Å². The molecule has 0 spiro atoms. The van der Waals surface area contributed by atoms with Crippen molar-refractivity contribution in [3.63, 3.8) is 0 Å². The number of rotatable bonds is 26. The van der Waals surface area contributed by atoms with Crippen LogP contribution in [0.3, 0.4) is 0 Å². The molecule has 0 saturated carbocycles. The Balaban J connectivity index is -0.0000000263. The van der Waals surface area contributed by atoms with E-state index in [1.807, 2.05) is 0 Å². The summed E-state index contributed by atoms with van der Waals surface area (Å²) in [6.45, 7) is 7.38. The minimum Gasteiger partial charge on any atom is -2.00 e. The third kappa shape index (κ3) is 117. The zero-order chi connectivity index (χ0) is 22.9. The average molecular weight is 881 g/mol. The predicted octanol–water partition coefficient (Wildman–Crippen LogP) is 0.932. The van der Waals surface area contributed by atoms with Crippen LogP contribution >= 0.6 is 0 Å². The second kappa shape index (κ2) is 111. The molecule has 2 radical (unpaired) electrons. The van der Waals surface area contributed by atoms with E-state index in [0.717, 1.165) is 0 Å². The van der Waals surface area contributed by atoms with E-state index < -0.39 is 0 Å². The Morgan fingerprint density at radius 2 is 0.440 bits per heavy atom. The largest absolute Gasteiger partial charge is 4.00 e. The van der Waals surface area contributed by atoms with E-state index in [-0.39, 0.29) is 222 Å². The predicted molar refractivity (Wildman–Crippen MR) is 177 cm³/mol. The molecule has 0 saturated heterocycles. The van der Waals surface area contributed by atoms with Crippen molar-refractivity contribution in [3.05, 3.63) is 0 Å². The summed E-state index contributed by atoms with van der Waals surface area (Å²) in [5.41, 5.74) is 0. The fraction of sp³-hybridized carbons (Fsp3) is 1.00. The Bertz CT molecular complexity index is 377. The van der Waals surface area contributed by atoms with Gasteiger partial charge in [-0.15, -0.1) is 0 Å². The van der Waals surface area contributed by atoms with E-state index in [0.29, 0.717) is 0 Å². The first-order valence-electron chi connectivity index (χ1n) is 14.9. The molecule has 0 fully saturated rings. The molecule has 0 aliphatic rings. The first-order valence-corrected chi connectivity index (χ1v) is 14.9. The number of unbranched alkanes of at least 4 members (excludes halogenated alkanes) is 22. The van der Waals surface area contributed by atoms with E-state index in [4.69, 9.17) is 0 Å². The molecule has 0 bridgehead atoms. The summed E-state index contributed by atoms with van der Waals surface area (Å²) >= 11 is 0. The van der Waals surface area contributed by atoms with E-state index in [2.05, 4.69) is 27.9 Å². The van der Waals surface area contributed by atoms with Gasteiger partial charge in [-0.2, -0.15) is 0 Å². The molecule has 2 N–H and O–H groups in total. The van der Waals surface area contributed by atoms with Crippen molar-refractivity contribution in [3.8, 4) is 0 Å². The number of hydrogen-bond donors (Lipinski definition) is 0. The van der Waals surface area contributed by atoms with Crippen LogP contribution in [-0.2, 0) is 88.9 Å². The molecular weight excluding hydrogens is 814 g/mol. The van der Waals surface area contributed by atoms with Crippen LogP contribution in [0.4, 0.5) is 0 Å². The number of quaternary nitrogens is 1. The zero-order valence-corrected chi connectivity index (χ0v) is 43.4. The molecule has 0 aliphatic heterocycles. The normalized spacial score (nSPS) is 7.44. The minimum atomic E-state index is 0. The number of nitrogens with zero attached hydrogens (tertiary/aromatic N) is 1. The van der Waals surface area contributed by atoms with Crippen LogP contribution in [0, 0.1) is 0 Å². The van der Waals surface area contributed by atoms with Crippen LogP contribution in [0.5, 0.6) is 0 Å². The van der Waals surface area contributed by atoms with E-state index >= 15 is 0 Å². The van der Waals surface area contributed by atoms with Gasteiger partial charge in [0.2, 0.25) is 0 Å². The zero-order valence-electron chi connectivity index (χ0n) is 32.5. The standard InChI is InChI=1S/C30H64N.2Al.2Fe.Mg.2Na.H2O.10O.Si/c1-5-7-9-11-13-15-17-19-21-23-25-27-29-31(3,4)30-28-26-24-22-20-18-16-14-12-10-8-6-2;;;;;;;;;;;;;;;;;;;/h5-30H2,1-4H3;;;;;;;;1H2;;;;;;;;;;;/q+1;4*+3;+2;2*+1;;10*-2;+4. The molecule has 0 amide bonds. The molecule has 12 nitrogen and oxygen atoms in total. The van der Waals surface area contributed by atoms with Crippen LogP contribution in [0.1, 0.15) is 168 Å². The van der Waals surface area contributed by atoms with Gasteiger partial charge in [0.1, 0.15) is 0 Å². The van der Waals surface area contributed by atoms with Crippen molar-refractivity contribution in [1.29, 1.82) is 0 Å². The van der Waals surface area contributed by atoms with Gasteiger partial charge in [-0.1, -0.05) is 142 Å². The quantitative estimate of drug-likeness (QED) is 0.0666. The molecule has 0 rings (SSSR count). The fourth-order valence-electron chi connectivity index (χ4n) is 4.87.